The fraction of sp³-hybridized carbons (Fsp3) is 0.333. The molecule has 0 bridgehead atoms. The zero-order chi connectivity index (χ0) is 12.3. The Kier molecular flexibility index (Phi) is 3.66. The number of nitrogens with zero attached hydrogens (tertiary/aromatic N) is 2. The number of hydrogen-bond acceptors (Lipinski definition) is 2. The fourth-order valence-electron chi connectivity index (χ4n) is 1.37. The Morgan fingerprint density at radius 3 is 1.56 bits per heavy atom. The summed E-state index contributed by atoms with van der Waals surface area (Å²) in [6, 6.07) is 0. The lowest BCUT2D eigenvalue weighted by molar-refractivity contribution is 0.658. The number of rotatable bonds is 4. The van der Waals surface area contributed by atoms with Crippen molar-refractivity contribution in [3.05, 3.63) is 57.4 Å². The minimum atomic E-state index is -0.522. The van der Waals surface area contributed by atoms with E-state index in [1.165, 1.54) is 9.13 Å². The molecule has 0 N–H and O–H groups in total. The third-order valence-electron chi connectivity index (χ3n) is 2.01. The highest BCUT2D eigenvalue weighted by molar-refractivity contribution is 4.97. The second-order valence-electron chi connectivity index (χ2n) is 4.08. The van der Waals surface area contributed by atoms with E-state index in [2.05, 4.69) is 13.2 Å². The molecule has 0 unspecified atom stereocenters. The summed E-state index contributed by atoms with van der Waals surface area (Å²) in [5, 5.41) is 0. The summed E-state index contributed by atoms with van der Waals surface area (Å²) >= 11 is 0. The predicted molar refractivity (Wildman–Crippen MR) is 64.6 cm³/mol. The van der Waals surface area contributed by atoms with E-state index in [9.17, 15) is 9.59 Å². The van der Waals surface area contributed by atoms with Gasteiger partial charge in [0, 0.05) is 25.5 Å². The quantitative estimate of drug-likeness (QED) is 0.564. The number of allylic oxidation sites excluding steroid dienone is 2. The molecule has 0 radical (unpaired) electrons. The molecule has 16 heavy (non-hydrogen) atoms. The standard InChI is InChI=1S/C12H16N2O2/c1-9(2)7-13-5-6-14(8-10(3)4)12(16)11(13)15/h5-6H,1,3,7-8H2,2,4H3. The molecule has 1 aromatic rings. The molecule has 0 aliphatic rings. The normalized spacial score (nSPS) is 10.1. The molecule has 0 fully saturated rings. The molecule has 0 aliphatic heterocycles. The average Bonchev–Trinajstić information content (AvgIpc) is 2.16. The molecule has 0 saturated heterocycles. The van der Waals surface area contributed by atoms with Gasteiger partial charge in [-0.3, -0.25) is 9.59 Å². The van der Waals surface area contributed by atoms with E-state index in [1.807, 2.05) is 13.8 Å². The molecule has 0 atom stereocenters. The van der Waals surface area contributed by atoms with Crippen LogP contribution in [0.25, 0.3) is 0 Å². The Bertz CT molecular complexity index is 486. The Balaban J connectivity index is 3.19. The second kappa shape index (κ2) is 4.79. The van der Waals surface area contributed by atoms with Gasteiger partial charge in [0.1, 0.15) is 0 Å². The maximum Gasteiger partial charge on any atom is 0.316 e. The highest BCUT2D eigenvalue weighted by Crippen LogP contribution is 1.93. The zero-order valence-corrected chi connectivity index (χ0v) is 9.69. The van der Waals surface area contributed by atoms with Crippen LogP contribution in [0.15, 0.2) is 46.3 Å². The minimum Gasteiger partial charge on any atom is -0.305 e. The first-order chi connectivity index (χ1) is 7.41. The lowest BCUT2D eigenvalue weighted by Crippen LogP contribution is -2.40. The molecule has 4 nitrogen and oxygen atoms in total. The number of hydrogen-bond donors (Lipinski definition) is 0. The lowest BCUT2D eigenvalue weighted by atomic mass is 10.3. The van der Waals surface area contributed by atoms with Gasteiger partial charge in [0.15, 0.2) is 0 Å². The van der Waals surface area contributed by atoms with E-state index in [4.69, 9.17) is 0 Å². The van der Waals surface area contributed by atoms with Crippen LogP contribution in [0, 0.1) is 0 Å². The Hall–Kier alpha value is -1.84. The van der Waals surface area contributed by atoms with Gasteiger partial charge >= 0.3 is 11.1 Å². The summed E-state index contributed by atoms with van der Waals surface area (Å²) in [5.74, 6) is 0. The number of aromatic nitrogens is 2. The van der Waals surface area contributed by atoms with Gasteiger partial charge in [0.25, 0.3) is 0 Å². The zero-order valence-electron chi connectivity index (χ0n) is 9.69. The molecule has 4 heteroatoms. The van der Waals surface area contributed by atoms with Crippen molar-refractivity contribution in [2.75, 3.05) is 0 Å². The van der Waals surface area contributed by atoms with Crippen LogP contribution >= 0.6 is 0 Å². The molecular weight excluding hydrogens is 204 g/mol. The maximum absolute atomic E-state index is 11.7. The van der Waals surface area contributed by atoms with Crippen molar-refractivity contribution in [3.63, 3.8) is 0 Å². The summed E-state index contributed by atoms with van der Waals surface area (Å²) in [7, 11) is 0. The monoisotopic (exact) mass is 220 g/mol. The lowest BCUT2D eigenvalue weighted by Gasteiger charge is -2.08. The summed E-state index contributed by atoms with van der Waals surface area (Å²) in [5.41, 5.74) is 0.622. The molecular formula is C12H16N2O2. The van der Waals surface area contributed by atoms with Crippen LogP contribution in [-0.2, 0) is 13.1 Å². The van der Waals surface area contributed by atoms with E-state index in [-0.39, 0.29) is 0 Å². The van der Waals surface area contributed by atoms with E-state index < -0.39 is 11.1 Å². The van der Waals surface area contributed by atoms with Crippen molar-refractivity contribution in [2.45, 2.75) is 26.9 Å². The average molecular weight is 220 g/mol. The van der Waals surface area contributed by atoms with Gasteiger partial charge < -0.3 is 9.13 Å². The second-order valence-corrected chi connectivity index (χ2v) is 4.08. The fourth-order valence-corrected chi connectivity index (χ4v) is 1.37. The van der Waals surface area contributed by atoms with Gasteiger partial charge in [0.2, 0.25) is 0 Å². The first-order valence-electron chi connectivity index (χ1n) is 5.00. The van der Waals surface area contributed by atoms with Crippen LogP contribution in [0.5, 0.6) is 0 Å². The highest BCUT2D eigenvalue weighted by Gasteiger charge is 2.04. The third-order valence-corrected chi connectivity index (χ3v) is 2.01. The van der Waals surface area contributed by atoms with Gasteiger partial charge in [-0.2, -0.15) is 0 Å². The first-order valence-corrected chi connectivity index (χ1v) is 5.00. The van der Waals surface area contributed by atoms with E-state index in [0.717, 1.165) is 11.1 Å². The van der Waals surface area contributed by atoms with Crippen LogP contribution in [0.4, 0.5) is 0 Å². The molecule has 0 spiro atoms. The van der Waals surface area contributed by atoms with E-state index in [0.29, 0.717) is 13.1 Å². The van der Waals surface area contributed by atoms with Crippen LogP contribution in [0.1, 0.15) is 13.8 Å². The van der Waals surface area contributed by atoms with Crippen molar-refractivity contribution < 1.29 is 0 Å². The van der Waals surface area contributed by atoms with Gasteiger partial charge in [-0.25, -0.2) is 0 Å². The van der Waals surface area contributed by atoms with Gasteiger partial charge in [-0.05, 0) is 13.8 Å². The Labute approximate surface area is 94.2 Å². The molecule has 1 rings (SSSR count). The largest absolute Gasteiger partial charge is 0.316 e. The van der Waals surface area contributed by atoms with Crippen LogP contribution in [0.2, 0.25) is 0 Å². The summed E-state index contributed by atoms with van der Waals surface area (Å²) in [6.07, 6.45) is 3.20. The molecule has 1 aromatic heterocycles. The van der Waals surface area contributed by atoms with Crippen molar-refractivity contribution in [1.29, 1.82) is 0 Å². The van der Waals surface area contributed by atoms with Crippen molar-refractivity contribution >= 4 is 0 Å². The summed E-state index contributed by atoms with van der Waals surface area (Å²) < 4.78 is 2.72. The Morgan fingerprint density at radius 1 is 1.00 bits per heavy atom. The van der Waals surface area contributed by atoms with Crippen molar-refractivity contribution in [2.24, 2.45) is 0 Å². The summed E-state index contributed by atoms with van der Waals surface area (Å²) in [4.78, 5) is 23.3. The van der Waals surface area contributed by atoms with Crippen LogP contribution in [-0.4, -0.2) is 9.13 Å². The van der Waals surface area contributed by atoms with Crippen LogP contribution < -0.4 is 11.1 Å². The first kappa shape index (κ1) is 12.2. The minimum absolute atomic E-state index is 0.377. The maximum atomic E-state index is 11.7. The molecule has 0 saturated carbocycles. The van der Waals surface area contributed by atoms with Gasteiger partial charge in [-0.1, -0.05) is 24.3 Å². The third kappa shape index (κ3) is 2.82. The Morgan fingerprint density at radius 2 is 1.31 bits per heavy atom. The molecule has 1 heterocycles. The van der Waals surface area contributed by atoms with E-state index >= 15 is 0 Å². The van der Waals surface area contributed by atoms with Gasteiger partial charge in [0.05, 0.1) is 0 Å². The SMILES string of the molecule is C=C(C)Cn1ccn(CC(=C)C)c(=O)c1=O. The van der Waals surface area contributed by atoms with Crippen LogP contribution in [0.3, 0.4) is 0 Å². The molecule has 0 aliphatic carbocycles. The molecule has 86 valence electrons. The highest BCUT2D eigenvalue weighted by atomic mass is 16.2. The van der Waals surface area contributed by atoms with Gasteiger partial charge in [-0.15, -0.1) is 0 Å². The van der Waals surface area contributed by atoms with Crippen molar-refractivity contribution in [1.82, 2.24) is 9.13 Å². The van der Waals surface area contributed by atoms with E-state index in [1.54, 1.807) is 12.4 Å². The topological polar surface area (TPSA) is 44.0 Å². The smallest absolute Gasteiger partial charge is 0.305 e. The molecule has 0 aromatic carbocycles. The predicted octanol–water partition coefficient (Wildman–Crippen LogP) is 1.16. The molecule has 0 amide bonds. The van der Waals surface area contributed by atoms with Crippen molar-refractivity contribution in [3.8, 4) is 0 Å². The summed E-state index contributed by atoms with van der Waals surface area (Å²) in [6.45, 7) is 11.8.